The lowest BCUT2D eigenvalue weighted by Crippen LogP contribution is -2.29. The van der Waals surface area contributed by atoms with Crippen molar-refractivity contribution in [3.8, 4) is 11.1 Å². The first-order chi connectivity index (χ1) is 13.3. The normalized spacial score (nSPS) is 17.9. The molecule has 4 rings (SSSR count). The van der Waals surface area contributed by atoms with Crippen molar-refractivity contribution in [2.45, 2.75) is 24.3 Å². The third kappa shape index (κ3) is 3.63. The molecule has 1 atom stereocenters. The Labute approximate surface area is 165 Å². The van der Waals surface area contributed by atoms with Gasteiger partial charge in [0.1, 0.15) is 4.90 Å². The van der Waals surface area contributed by atoms with E-state index in [1.165, 1.54) is 28.8 Å². The van der Waals surface area contributed by atoms with Crippen LogP contribution in [0.25, 0.3) is 21.3 Å². The number of rotatable bonds is 4. The Morgan fingerprint density at radius 2 is 2.11 bits per heavy atom. The smallest absolute Gasteiger partial charge is 0.244 e. The molecule has 1 aliphatic rings. The fourth-order valence-corrected chi connectivity index (χ4v) is 5.54. The molecule has 3 aromatic rings. The summed E-state index contributed by atoms with van der Waals surface area (Å²) in [5.41, 5.74) is 2.22. The number of sulfonamides is 1. The van der Waals surface area contributed by atoms with E-state index in [4.69, 9.17) is 0 Å². The van der Waals surface area contributed by atoms with Gasteiger partial charge in [-0.05, 0) is 30.2 Å². The molecule has 0 spiro atoms. The minimum absolute atomic E-state index is 0.0995. The molecule has 1 aromatic carbocycles. The van der Waals surface area contributed by atoms with Gasteiger partial charge in [-0.25, -0.2) is 13.4 Å². The summed E-state index contributed by atoms with van der Waals surface area (Å²) in [6.07, 6.45) is 2.74. The van der Waals surface area contributed by atoms with Crippen LogP contribution in [0.5, 0.6) is 0 Å². The first kappa shape index (κ1) is 18.9. The number of benzene rings is 1. The average Bonchev–Trinajstić information content (AvgIpc) is 3.26. The molecule has 2 N–H and O–H groups in total. The zero-order chi connectivity index (χ0) is 19.9. The van der Waals surface area contributed by atoms with Crippen molar-refractivity contribution < 1.29 is 18.3 Å². The average molecular weight is 419 g/mol. The predicted octanol–water partition coefficient (Wildman–Crippen LogP) is 2.07. The number of carbonyl (C=O) groups is 1. The summed E-state index contributed by atoms with van der Waals surface area (Å²) in [6.45, 7) is 1.83. The molecule has 8 nitrogen and oxygen atoms in total. The summed E-state index contributed by atoms with van der Waals surface area (Å²) >= 11 is 1.35. The van der Waals surface area contributed by atoms with E-state index >= 15 is 0 Å². The van der Waals surface area contributed by atoms with Crippen LogP contribution in [0.1, 0.15) is 13.3 Å². The van der Waals surface area contributed by atoms with E-state index in [0.29, 0.717) is 23.7 Å². The predicted molar refractivity (Wildman–Crippen MR) is 107 cm³/mol. The molecule has 0 aliphatic carbocycles. The number of amides is 1. The summed E-state index contributed by atoms with van der Waals surface area (Å²) in [4.78, 5) is 19.8. The topological polar surface area (TPSA) is 112 Å². The molecule has 28 heavy (non-hydrogen) atoms. The van der Waals surface area contributed by atoms with Crippen molar-refractivity contribution in [2.75, 3.05) is 18.4 Å². The highest BCUT2D eigenvalue weighted by atomic mass is 32.2. The number of anilines is 1. The third-order valence-electron chi connectivity index (χ3n) is 4.48. The second-order valence-electron chi connectivity index (χ2n) is 6.60. The Morgan fingerprint density at radius 3 is 2.82 bits per heavy atom. The maximum absolute atomic E-state index is 12.8. The number of aliphatic hydroxyl groups excluding tert-OH is 1. The second kappa shape index (κ2) is 7.21. The van der Waals surface area contributed by atoms with Gasteiger partial charge in [-0.15, -0.1) is 0 Å². The van der Waals surface area contributed by atoms with Crippen LogP contribution in [0, 0.1) is 0 Å². The van der Waals surface area contributed by atoms with Crippen LogP contribution in [0.3, 0.4) is 0 Å². The monoisotopic (exact) mass is 418 g/mol. The molecule has 146 valence electrons. The van der Waals surface area contributed by atoms with E-state index in [0.717, 1.165) is 15.8 Å². The van der Waals surface area contributed by atoms with Gasteiger partial charge in [0.2, 0.25) is 15.9 Å². The van der Waals surface area contributed by atoms with Crippen LogP contribution in [0.4, 0.5) is 5.13 Å². The van der Waals surface area contributed by atoms with Gasteiger partial charge < -0.3 is 10.4 Å². The SMILES string of the molecule is CC(=O)Nc1nc2ccc(-c3cncc(S(=O)(=O)N4CCC(O)C4)c3)cc2s1. The number of nitrogens with zero attached hydrogens (tertiary/aromatic N) is 3. The summed E-state index contributed by atoms with van der Waals surface area (Å²) < 4.78 is 27.8. The van der Waals surface area contributed by atoms with Crippen molar-refractivity contribution >= 4 is 42.6 Å². The van der Waals surface area contributed by atoms with Gasteiger partial charge in [0, 0.05) is 38.0 Å². The number of carbonyl (C=O) groups excluding carboxylic acids is 1. The Hall–Kier alpha value is -2.40. The van der Waals surface area contributed by atoms with Gasteiger partial charge in [-0.1, -0.05) is 17.4 Å². The number of pyridine rings is 1. The Bertz CT molecular complexity index is 1160. The van der Waals surface area contributed by atoms with Crippen molar-refractivity contribution in [2.24, 2.45) is 0 Å². The van der Waals surface area contributed by atoms with Gasteiger partial charge in [-0.2, -0.15) is 4.31 Å². The second-order valence-corrected chi connectivity index (χ2v) is 9.57. The van der Waals surface area contributed by atoms with Crippen LogP contribution in [0.2, 0.25) is 0 Å². The van der Waals surface area contributed by atoms with E-state index in [-0.39, 0.29) is 17.3 Å². The van der Waals surface area contributed by atoms with E-state index in [2.05, 4.69) is 15.3 Å². The number of hydrogen-bond donors (Lipinski definition) is 2. The van der Waals surface area contributed by atoms with Gasteiger partial charge >= 0.3 is 0 Å². The molecule has 3 heterocycles. The summed E-state index contributed by atoms with van der Waals surface area (Å²) in [5, 5.41) is 12.8. The van der Waals surface area contributed by atoms with Gasteiger partial charge in [0.15, 0.2) is 5.13 Å². The summed E-state index contributed by atoms with van der Waals surface area (Å²) in [5.74, 6) is -0.187. The first-order valence-electron chi connectivity index (χ1n) is 8.65. The van der Waals surface area contributed by atoms with Crippen LogP contribution in [0.15, 0.2) is 41.6 Å². The van der Waals surface area contributed by atoms with Crippen molar-refractivity contribution in [3.05, 3.63) is 36.7 Å². The Balaban J connectivity index is 1.68. The standard InChI is InChI=1S/C18H18N4O4S2/c1-11(23)20-18-21-16-3-2-12(7-17(16)27-18)13-6-15(9-19-8-13)28(25,26)22-5-4-14(24)10-22/h2-3,6-9,14,24H,4-5,10H2,1H3,(H,20,21,23). The minimum Gasteiger partial charge on any atom is -0.392 e. The van der Waals surface area contributed by atoms with Gasteiger partial charge in [-0.3, -0.25) is 9.78 Å². The molecule has 1 unspecified atom stereocenters. The zero-order valence-electron chi connectivity index (χ0n) is 15.0. The van der Waals surface area contributed by atoms with Crippen LogP contribution < -0.4 is 5.32 Å². The van der Waals surface area contributed by atoms with Gasteiger partial charge in [0.25, 0.3) is 0 Å². The molecular formula is C18H18N4O4S2. The molecular weight excluding hydrogens is 400 g/mol. The molecule has 1 amide bonds. The van der Waals surface area contributed by atoms with Crippen molar-refractivity contribution in [1.82, 2.24) is 14.3 Å². The molecule has 10 heteroatoms. The molecule has 0 bridgehead atoms. The molecule has 0 radical (unpaired) electrons. The molecule has 0 saturated carbocycles. The first-order valence-corrected chi connectivity index (χ1v) is 10.9. The molecule has 1 saturated heterocycles. The highest BCUT2D eigenvalue weighted by molar-refractivity contribution is 7.89. The third-order valence-corrected chi connectivity index (χ3v) is 7.25. The van der Waals surface area contributed by atoms with Crippen LogP contribution >= 0.6 is 11.3 Å². The molecule has 2 aromatic heterocycles. The maximum Gasteiger partial charge on any atom is 0.244 e. The van der Waals surface area contributed by atoms with Crippen LogP contribution in [-0.2, 0) is 14.8 Å². The van der Waals surface area contributed by atoms with Gasteiger partial charge in [0.05, 0.1) is 16.3 Å². The molecule has 1 fully saturated rings. The Kier molecular flexibility index (Phi) is 4.88. The Morgan fingerprint density at radius 1 is 1.29 bits per heavy atom. The number of thiazole rings is 1. The van der Waals surface area contributed by atoms with E-state index < -0.39 is 16.1 Å². The lowest BCUT2D eigenvalue weighted by atomic mass is 10.1. The summed E-state index contributed by atoms with van der Waals surface area (Å²) in [7, 11) is -3.70. The van der Waals surface area contributed by atoms with E-state index in [1.54, 1.807) is 12.3 Å². The zero-order valence-corrected chi connectivity index (χ0v) is 16.6. The fourth-order valence-electron chi connectivity index (χ4n) is 3.10. The number of hydrogen-bond acceptors (Lipinski definition) is 7. The highest BCUT2D eigenvalue weighted by Crippen LogP contribution is 2.31. The minimum atomic E-state index is -3.70. The summed E-state index contributed by atoms with van der Waals surface area (Å²) in [6, 6.07) is 7.15. The number of aliphatic hydroxyl groups is 1. The fraction of sp³-hybridized carbons (Fsp3) is 0.278. The van der Waals surface area contributed by atoms with E-state index in [1.807, 2.05) is 18.2 Å². The van der Waals surface area contributed by atoms with E-state index in [9.17, 15) is 18.3 Å². The largest absolute Gasteiger partial charge is 0.392 e. The van der Waals surface area contributed by atoms with Crippen molar-refractivity contribution in [1.29, 1.82) is 0 Å². The number of β-amino-alcohol motifs (C(OH)–C–C–N with tert-alkyl or cyclic N) is 1. The van der Waals surface area contributed by atoms with Crippen LogP contribution in [-0.4, -0.2) is 52.9 Å². The maximum atomic E-state index is 12.8. The lowest BCUT2D eigenvalue weighted by molar-refractivity contribution is -0.114. The lowest BCUT2D eigenvalue weighted by Gasteiger charge is -2.16. The number of nitrogens with one attached hydrogen (secondary N) is 1. The number of aromatic nitrogens is 2. The van der Waals surface area contributed by atoms with Crippen molar-refractivity contribution in [3.63, 3.8) is 0 Å². The molecule has 1 aliphatic heterocycles. The quantitative estimate of drug-likeness (QED) is 0.671. The number of fused-ring (bicyclic) bond motifs is 1. The highest BCUT2D eigenvalue weighted by Gasteiger charge is 2.32.